The number of anilines is 1. The molecule has 1 aromatic rings. The summed E-state index contributed by atoms with van der Waals surface area (Å²) in [6, 6.07) is 5.75. The van der Waals surface area contributed by atoms with Gasteiger partial charge in [-0.25, -0.2) is 0 Å². The van der Waals surface area contributed by atoms with Gasteiger partial charge in [0, 0.05) is 4.90 Å². The molecular formula is C7H10N2S. The van der Waals surface area contributed by atoms with Gasteiger partial charge in [0.05, 0.1) is 5.69 Å². The van der Waals surface area contributed by atoms with Crippen LogP contribution in [-0.2, 0) is 0 Å². The van der Waals surface area contributed by atoms with E-state index >= 15 is 0 Å². The van der Waals surface area contributed by atoms with Gasteiger partial charge >= 0.3 is 0 Å². The van der Waals surface area contributed by atoms with Gasteiger partial charge in [-0.1, -0.05) is 6.07 Å². The fourth-order valence-corrected chi connectivity index (χ4v) is 0.986. The maximum Gasteiger partial charge on any atom is 0.0525 e. The van der Waals surface area contributed by atoms with Crippen LogP contribution in [0.25, 0.3) is 0 Å². The van der Waals surface area contributed by atoms with Crippen LogP contribution in [0, 0.1) is 6.92 Å². The Balaban J connectivity index is 3.14. The minimum absolute atomic E-state index is 0.924. The molecule has 0 radical (unpaired) electrons. The van der Waals surface area contributed by atoms with Crippen molar-refractivity contribution in [2.45, 2.75) is 11.8 Å². The molecule has 3 heteroatoms. The van der Waals surface area contributed by atoms with Crippen molar-refractivity contribution in [2.24, 2.45) is 5.84 Å². The number of hydrazine groups is 1. The van der Waals surface area contributed by atoms with Crippen molar-refractivity contribution in [1.29, 1.82) is 0 Å². The topological polar surface area (TPSA) is 38.0 Å². The molecule has 1 aromatic carbocycles. The Labute approximate surface area is 65.8 Å². The first-order valence-electron chi connectivity index (χ1n) is 3.01. The molecule has 0 aliphatic heterocycles. The molecule has 0 unspecified atom stereocenters. The first kappa shape index (κ1) is 7.44. The molecule has 0 spiro atoms. The minimum atomic E-state index is 0.924. The van der Waals surface area contributed by atoms with E-state index in [2.05, 4.69) is 18.1 Å². The highest BCUT2D eigenvalue weighted by Crippen LogP contribution is 2.19. The summed E-state index contributed by atoms with van der Waals surface area (Å²) in [7, 11) is 0. The lowest BCUT2D eigenvalue weighted by atomic mass is 10.2. The third-order valence-corrected chi connectivity index (χ3v) is 1.95. The number of nitrogens with two attached hydrogens (primary N) is 1. The van der Waals surface area contributed by atoms with Gasteiger partial charge in [-0.3, -0.25) is 5.84 Å². The maximum absolute atomic E-state index is 5.24. The number of benzene rings is 1. The predicted octanol–water partition coefficient (Wildman–Crippen LogP) is 1.57. The van der Waals surface area contributed by atoms with E-state index in [0.717, 1.165) is 16.1 Å². The van der Waals surface area contributed by atoms with Crippen molar-refractivity contribution in [1.82, 2.24) is 0 Å². The largest absolute Gasteiger partial charge is 0.324 e. The lowest BCUT2D eigenvalue weighted by molar-refractivity contribution is 1.25. The highest BCUT2D eigenvalue weighted by molar-refractivity contribution is 7.80. The first-order valence-corrected chi connectivity index (χ1v) is 3.45. The monoisotopic (exact) mass is 154 g/mol. The van der Waals surface area contributed by atoms with E-state index in [1.165, 1.54) is 0 Å². The van der Waals surface area contributed by atoms with Gasteiger partial charge in [0.15, 0.2) is 0 Å². The Hall–Kier alpha value is -0.670. The van der Waals surface area contributed by atoms with Crippen molar-refractivity contribution >= 4 is 18.3 Å². The molecule has 0 atom stereocenters. The van der Waals surface area contributed by atoms with E-state index < -0.39 is 0 Å². The predicted molar refractivity (Wildman–Crippen MR) is 46.2 cm³/mol. The average Bonchev–Trinajstić information content (AvgIpc) is 1.95. The number of rotatable bonds is 1. The van der Waals surface area contributed by atoms with Crippen molar-refractivity contribution in [3.8, 4) is 0 Å². The highest BCUT2D eigenvalue weighted by atomic mass is 32.1. The Morgan fingerprint density at radius 1 is 1.50 bits per heavy atom. The number of nitrogen functional groups attached to an aromatic ring is 1. The molecule has 0 fully saturated rings. The van der Waals surface area contributed by atoms with Crippen molar-refractivity contribution < 1.29 is 0 Å². The molecule has 2 nitrogen and oxygen atoms in total. The van der Waals surface area contributed by atoms with Gasteiger partial charge in [-0.15, -0.1) is 12.6 Å². The van der Waals surface area contributed by atoms with Gasteiger partial charge < -0.3 is 5.43 Å². The summed E-state index contributed by atoms with van der Waals surface area (Å²) in [6.07, 6.45) is 0. The van der Waals surface area contributed by atoms with Crippen LogP contribution < -0.4 is 11.3 Å². The Bertz CT molecular complexity index is 235. The number of hydrogen-bond acceptors (Lipinski definition) is 3. The van der Waals surface area contributed by atoms with Crippen LogP contribution in [0.4, 0.5) is 5.69 Å². The molecular weight excluding hydrogens is 144 g/mol. The zero-order chi connectivity index (χ0) is 7.56. The highest BCUT2D eigenvalue weighted by Gasteiger charge is 1.96. The molecule has 54 valence electrons. The van der Waals surface area contributed by atoms with E-state index in [-0.39, 0.29) is 0 Å². The van der Waals surface area contributed by atoms with E-state index in [1.54, 1.807) is 0 Å². The van der Waals surface area contributed by atoms with Crippen LogP contribution in [0.1, 0.15) is 5.56 Å². The molecule has 1 rings (SSSR count). The summed E-state index contributed by atoms with van der Waals surface area (Å²) in [5, 5.41) is 0. The second kappa shape index (κ2) is 2.94. The smallest absolute Gasteiger partial charge is 0.0525 e. The minimum Gasteiger partial charge on any atom is -0.324 e. The fourth-order valence-electron chi connectivity index (χ4n) is 0.780. The van der Waals surface area contributed by atoms with E-state index in [1.807, 2.05) is 25.1 Å². The molecule has 10 heavy (non-hydrogen) atoms. The van der Waals surface area contributed by atoms with Crippen LogP contribution >= 0.6 is 12.6 Å². The summed E-state index contributed by atoms with van der Waals surface area (Å²) in [4.78, 5) is 0.954. The van der Waals surface area contributed by atoms with Crippen LogP contribution in [0.15, 0.2) is 23.1 Å². The van der Waals surface area contributed by atoms with Crippen LogP contribution in [0.5, 0.6) is 0 Å². The first-order chi connectivity index (χ1) is 4.75. The Morgan fingerprint density at radius 3 is 2.70 bits per heavy atom. The molecule has 0 saturated heterocycles. The summed E-state index contributed by atoms with van der Waals surface area (Å²) >= 11 is 4.23. The summed E-state index contributed by atoms with van der Waals surface area (Å²) in [5.74, 6) is 5.24. The molecule has 0 amide bonds. The van der Waals surface area contributed by atoms with E-state index in [9.17, 15) is 0 Å². The summed E-state index contributed by atoms with van der Waals surface area (Å²) in [5.41, 5.74) is 4.59. The number of thiol groups is 1. The number of nitrogens with one attached hydrogen (secondary N) is 1. The molecule has 0 saturated carbocycles. The van der Waals surface area contributed by atoms with Gasteiger partial charge in [0.25, 0.3) is 0 Å². The standard InChI is InChI=1S/C7H10N2S/c1-5-6(9-8)3-2-4-7(5)10/h2-4,9-10H,8H2,1H3. The Morgan fingerprint density at radius 2 is 2.20 bits per heavy atom. The Kier molecular flexibility index (Phi) is 2.19. The second-order valence-corrected chi connectivity index (χ2v) is 2.58. The van der Waals surface area contributed by atoms with Crippen molar-refractivity contribution in [3.05, 3.63) is 23.8 Å². The molecule has 0 aromatic heterocycles. The summed E-state index contributed by atoms with van der Waals surface area (Å²) < 4.78 is 0. The third-order valence-electron chi connectivity index (χ3n) is 1.46. The SMILES string of the molecule is Cc1c(S)cccc1NN. The van der Waals surface area contributed by atoms with E-state index in [0.29, 0.717) is 0 Å². The van der Waals surface area contributed by atoms with Gasteiger partial charge in [-0.05, 0) is 24.6 Å². The molecule has 0 aliphatic rings. The quantitative estimate of drug-likeness (QED) is 0.326. The van der Waals surface area contributed by atoms with Crippen LogP contribution in [-0.4, -0.2) is 0 Å². The van der Waals surface area contributed by atoms with E-state index in [4.69, 9.17) is 5.84 Å². The zero-order valence-electron chi connectivity index (χ0n) is 5.76. The second-order valence-electron chi connectivity index (χ2n) is 2.09. The van der Waals surface area contributed by atoms with Gasteiger partial charge in [0.2, 0.25) is 0 Å². The lowest BCUT2D eigenvalue weighted by Crippen LogP contribution is -2.07. The lowest BCUT2D eigenvalue weighted by Gasteiger charge is -2.05. The summed E-state index contributed by atoms with van der Waals surface area (Å²) in [6.45, 7) is 1.97. The zero-order valence-corrected chi connectivity index (χ0v) is 6.65. The third kappa shape index (κ3) is 1.25. The molecule has 0 bridgehead atoms. The normalized spacial score (nSPS) is 9.50. The fraction of sp³-hybridized carbons (Fsp3) is 0.143. The van der Waals surface area contributed by atoms with Crippen LogP contribution in [0.3, 0.4) is 0 Å². The number of hydrogen-bond donors (Lipinski definition) is 3. The maximum atomic E-state index is 5.24. The van der Waals surface area contributed by atoms with Crippen molar-refractivity contribution in [2.75, 3.05) is 5.43 Å². The molecule has 3 N–H and O–H groups in total. The van der Waals surface area contributed by atoms with Crippen molar-refractivity contribution in [3.63, 3.8) is 0 Å². The van der Waals surface area contributed by atoms with Crippen LogP contribution in [0.2, 0.25) is 0 Å². The molecule has 0 aliphatic carbocycles. The van der Waals surface area contributed by atoms with Gasteiger partial charge in [0.1, 0.15) is 0 Å². The molecule has 0 heterocycles. The van der Waals surface area contributed by atoms with Gasteiger partial charge in [-0.2, -0.15) is 0 Å². The average molecular weight is 154 g/mol.